The zero-order chi connectivity index (χ0) is 26.7. The molecule has 0 saturated carbocycles. The van der Waals surface area contributed by atoms with E-state index in [4.69, 9.17) is 9.47 Å². The van der Waals surface area contributed by atoms with E-state index in [1.54, 1.807) is 12.1 Å². The Hall–Kier alpha value is -4.67. The van der Waals surface area contributed by atoms with E-state index in [0.29, 0.717) is 11.3 Å². The standard InChI is InChI=1S/C26H20F3N3O5/c1-36-19-10-8-17(23(13-19)37-2)15-31(29)24-20-12-18(9-11-21(20)30-14-22(24)32(34)35)26(27,28)25(33)16-6-4-3-5-7-16/h3-14H,15H2,1-2H3. The van der Waals surface area contributed by atoms with Crippen molar-refractivity contribution in [2.24, 2.45) is 0 Å². The third-order valence-electron chi connectivity index (χ3n) is 5.75. The van der Waals surface area contributed by atoms with Crippen LogP contribution >= 0.6 is 0 Å². The largest absolute Gasteiger partial charge is 0.497 e. The number of alkyl halides is 2. The van der Waals surface area contributed by atoms with Gasteiger partial charge < -0.3 is 9.47 Å². The number of hydrogen-bond acceptors (Lipinski definition) is 7. The van der Waals surface area contributed by atoms with Crippen LogP contribution in [0, 0.1) is 10.1 Å². The summed E-state index contributed by atoms with van der Waals surface area (Å²) in [6.07, 6.45) is 0.850. The van der Waals surface area contributed by atoms with Crippen LogP contribution in [0.4, 0.5) is 24.6 Å². The average Bonchev–Trinajstić information content (AvgIpc) is 2.92. The molecule has 190 valence electrons. The molecule has 0 fully saturated rings. The third kappa shape index (κ3) is 4.88. The highest BCUT2D eigenvalue weighted by atomic mass is 19.3. The maximum absolute atomic E-state index is 15.7. The number of hydrogen-bond donors (Lipinski definition) is 0. The zero-order valence-corrected chi connectivity index (χ0v) is 19.7. The summed E-state index contributed by atoms with van der Waals surface area (Å²) in [6.45, 7) is -0.517. The Morgan fingerprint density at radius 2 is 1.78 bits per heavy atom. The summed E-state index contributed by atoms with van der Waals surface area (Å²) in [5, 5.41) is 11.5. The average molecular weight is 511 g/mol. The van der Waals surface area contributed by atoms with E-state index in [1.807, 2.05) is 0 Å². The lowest BCUT2D eigenvalue weighted by Crippen LogP contribution is -2.26. The van der Waals surface area contributed by atoms with Gasteiger partial charge in [-0.25, -0.2) is 4.98 Å². The monoisotopic (exact) mass is 511 g/mol. The number of ether oxygens (including phenoxy) is 2. The van der Waals surface area contributed by atoms with Crippen LogP contribution in [0.15, 0.2) is 72.9 Å². The van der Waals surface area contributed by atoms with Gasteiger partial charge in [-0.15, -0.1) is 0 Å². The molecule has 0 spiro atoms. The second kappa shape index (κ2) is 10.1. The van der Waals surface area contributed by atoms with Crippen LogP contribution in [0.2, 0.25) is 0 Å². The third-order valence-corrected chi connectivity index (χ3v) is 5.75. The van der Waals surface area contributed by atoms with Gasteiger partial charge in [0.15, 0.2) is 5.69 Å². The van der Waals surface area contributed by atoms with Crippen LogP contribution in [-0.2, 0) is 12.5 Å². The molecule has 37 heavy (non-hydrogen) atoms. The van der Waals surface area contributed by atoms with Crippen molar-refractivity contribution < 1.29 is 32.5 Å². The summed E-state index contributed by atoms with van der Waals surface area (Å²) in [7, 11) is 2.81. The van der Waals surface area contributed by atoms with E-state index in [0.717, 1.165) is 24.4 Å². The van der Waals surface area contributed by atoms with Gasteiger partial charge in [-0.05, 0) is 24.3 Å². The van der Waals surface area contributed by atoms with Gasteiger partial charge in [-0.1, -0.05) is 40.9 Å². The molecule has 0 unspecified atom stereocenters. The number of anilines is 1. The van der Waals surface area contributed by atoms with Gasteiger partial charge in [-0.2, -0.15) is 13.9 Å². The number of ketones is 1. The Morgan fingerprint density at radius 3 is 2.43 bits per heavy atom. The fourth-order valence-electron chi connectivity index (χ4n) is 3.86. The molecule has 0 N–H and O–H groups in total. The predicted octanol–water partition coefficient (Wildman–Crippen LogP) is 6.03. The highest BCUT2D eigenvalue weighted by Gasteiger charge is 2.42. The summed E-state index contributed by atoms with van der Waals surface area (Å²) in [6, 6.07) is 14.5. The molecule has 0 aliphatic rings. The van der Waals surface area contributed by atoms with Gasteiger partial charge in [0.2, 0.25) is 5.78 Å². The summed E-state index contributed by atoms with van der Waals surface area (Å²) >= 11 is 0. The molecule has 4 rings (SSSR count). The first-order valence-electron chi connectivity index (χ1n) is 10.9. The van der Waals surface area contributed by atoms with Crippen LogP contribution in [-0.4, -0.2) is 29.9 Å². The van der Waals surface area contributed by atoms with Crippen LogP contribution in [0.1, 0.15) is 21.5 Å². The van der Waals surface area contributed by atoms with Crippen molar-refractivity contribution in [1.29, 1.82) is 0 Å². The van der Waals surface area contributed by atoms with E-state index < -0.39 is 40.1 Å². The Kier molecular flexibility index (Phi) is 6.96. The number of fused-ring (bicyclic) bond motifs is 1. The number of benzene rings is 3. The second-order valence-corrected chi connectivity index (χ2v) is 7.95. The molecule has 0 amide bonds. The number of nitrogens with zero attached hydrogens (tertiary/aromatic N) is 3. The molecule has 8 nitrogen and oxygen atoms in total. The zero-order valence-electron chi connectivity index (χ0n) is 19.7. The van der Waals surface area contributed by atoms with Gasteiger partial charge in [-0.3, -0.25) is 14.9 Å². The topological polar surface area (TPSA) is 94.8 Å². The molecule has 0 radical (unpaired) electrons. The quantitative estimate of drug-likeness (QED) is 0.117. The van der Waals surface area contributed by atoms with Crippen molar-refractivity contribution >= 4 is 28.1 Å². The molecule has 0 saturated heterocycles. The van der Waals surface area contributed by atoms with Crippen molar-refractivity contribution in [3.63, 3.8) is 0 Å². The first-order chi connectivity index (χ1) is 17.7. The van der Waals surface area contributed by atoms with Crippen molar-refractivity contribution in [1.82, 2.24) is 4.98 Å². The van der Waals surface area contributed by atoms with Gasteiger partial charge in [0.25, 0.3) is 0 Å². The fraction of sp³-hybridized carbons (Fsp3) is 0.154. The van der Waals surface area contributed by atoms with Crippen LogP contribution < -0.4 is 14.6 Å². The van der Waals surface area contributed by atoms with Gasteiger partial charge >= 0.3 is 11.6 Å². The molecular weight excluding hydrogens is 491 g/mol. The predicted molar refractivity (Wildman–Crippen MR) is 130 cm³/mol. The normalized spacial score (nSPS) is 11.3. The van der Waals surface area contributed by atoms with E-state index in [1.165, 1.54) is 50.6 Å². The van der Waals surface area contributed by atoms with Crippen molar-refractivity contribution in [3.05, 3.63) is 99.7 Å². The number of halogens is 3. The minimum Gasteiger partial charge on any atom is -0.497 e. The molecule has 1 heterocycles. The first kappa shape index (κ1) is 25.4. The summed E-state index contributed by atoms with van der Waals surface area (Å²) in [5.74, 6) is -4.75. The van der Waals surface area contributed by atoms with E-state index in [9.17, 15) is 14.9 Å². The molecule has 4 aromatic rings. The van der Waals surface area contributed by atoms with Crippen molar-refractivity contribution in [2.75, 3.05) is 19.3 Å². The number of aromatic nitrogens is 1. The lowest BCUT2D eigenvalue weighted by Gasteiger charge is -2.20. The number of nitro groups is 1. The SMILES string of the molecule is COc1ccc(CN(F)c2c([N+](=O)[O-])cnc3ccc(C(F)(F)C(=O)c4ccccc4)cc23)c(OC)c1. The highest BCUT2D eigenvalue weighted by molar-refractivity contribution is 6.03. The van der Waals surface area contributed by atoms with Gasteiger partial charge in [0.05, 0.1) is 31.2 Å². The number of pyridine rings is 1. The van der Waals surface area contributed by atoms with Gasteiger partial charge in [0.1, 0.15) is 17.7 Å². The summed E-state index contributed by atoms with van der Waals surface area (Å²) < 4.78 is 56.5. The number of methoxy groups -OCH3 is 2. The highest BCUT2D eigenvalue weighted by Crippen LogP contribution is 2.40. The maximum Gasteiger partial charge on any atom is 0.334 e. The molecule has 0 aliphatic heterocycles. The van der Waals surface area contributed by atoms with Crippen molar-refractivity contribution in [3.8, 4) is 11.5 Å². The van der Waals surface area contributed by atoms with Crippen LogP contribution in [0.3, 0.4) is 0 Å². The van der Waals surface area contributed by atoms with E-state index in [-0.39, 0.29) is 27.3 Å². The van der Waals surface area contributed by atoms with E-state index >= 15 is 13.3 Å². The first-order valence-corrected chi connectivity index (χ1v) is 10.9. The summed E-state index contributed by atoms with van der Waals surface area (Å²) in [5.41, 5.74) is -1.96. The Bertz CT molecular complexity index is 1480. The molecule has 3 aromatic carbocycles. The number of carbonyl (C=O) groups excluding carboxylic acids is 1. The number of carbonyl (C=O) groups is 1. The second-order valence-electron chi connectivity index (χ2n) is 7.95. The summed E-state index contributed by atoms with van der Waals surface area (Å²) in [4.78, 5) is 27.4. The molecule has 11 heteroatoms. The number of rotatable bonds is 9. The maximum atomic E-state index is 15.7. The molecule has 0 atom stereocenters. The minimum absolute atomic E-state index is 0.0247. The molecule has 0 aliphatic carbocycles. The van der Waals surface area contributed by atoms with Gasteiger partial charge in [0, 0.05) is 28.1 Å². The molecular formula is C26H20F3N3O5. The van der Waals surface area contributed by atoms with Crippen LogP contribution in [0.5, 0.6) is 11.5 Å². The van der Waals surface area contributed by atoms with E-state index in [2.05, 4.69) is 4.98 Å². The van der Waals surface area contributed by atoms with Crippen molar-refractivity contribution in [2.45, 2.75) is 12.5 Å². The smallest absolute Gasteiger partial charge is 0.334 e. The Labute approximate surface area is 209 Å². The van der Waals surface area contributed by atoms with Crippen LogP contribution in [0.25, 0.3) is 10.9 Å². The fourth-order valence-corrected chi connectivity index (χ4v) is 3.86. The Morgan fingerprint density at radius 1 is 1.05 bits per heavy atom. The minimum atomic E-state index is -3.99. The number of Topliss-reactive ketones (excluding diaryl/α,β-unsaturated/α-hetero) is 1. The Balaban J connectivity index is 1.83. The lowest BCUT2D eigenvalue weighted by molar-refractivity contribution is -0.384. The lowest BCUT2D eigenvalue weighted by atomic mass is 9.97. The molecule has 1 aromatic heterocycles. The molecule has 0 bridgehead atoms.